The van der Waals surface area contributed by atoms with Crippen LogP contribution in [0.1, 0.15) is 54.8 Å². The summed E-state index contributed by atoms with van der Waals surface area (Å²) < 4.78 is 39.9. The lowest BCUT2D eigenvalue weighted by atomic mass is 10.0. The summed E-state index contributed by atoms with van der Waals surface area (Å²) in [7, 11) is 0. The van der Waals surface area contributed by atoms with E-state index in [4.69, 9.17) is 0 Å². The van der Waals surface area contributed by atoms with Gasteiger partial charge < -0.3 is 10.2 Å². The van der Waals surface area contributed by atoms with Crippen molar-refractivity contribution >= 4 is 11.8 Å². The van der Waals surface area contributed by atoms with E-state index in [1.54, 1.807) is 0 Å². The van der Waals surface area contributed by atoms with Gasteiger partial charge in [0.25, 0.3) is 5.91 Å². The summed E-state index contributed by atoms with van der Waals surface area (Å²) in [6.45, 7) is 2.24. The highest BCUT2D eigenvalue weighted by atomic mass is 19.4. The Morgan fingerprint density at radius 3 is 2.33 bits per heavy atom. The Morgan fingerprint density at radius 1 is 1.21 bits per heavy atom. The molecule has 1 saturated carbocycles. The van der Waals surface area contributed by atoms with Gasteiger partial charge in [0.2, 0.25) is 5.91 Å². The van der Waals surface area contributed by atoms with E-state index in [9.17, 15) is 22.8 Å². The van der Waals surface area contributed by atoms with Gasteiger partial charge in [-0.1, -0.05) is 0 Å². The topological polar surface area (TPSA) is 67.2 Å². The summed E-state index contributed by atoms with van der Waals surface area (Å²) in [5.41, 5.74) is -1.02. The molecule has 1 aliphatic carbocycles. The Labute approximate surface area is 137 Å². The Bertz CT molecular complexity index is 644. The molecule has 1 saturated heterocycles. The molecule has 2 aliphatic rings. The van der Waals surface area contributed by atoms with Crippen molar-refractivity contribution in [2.24, 2.45) is 0 Å². The third kappa shape index (κ3) is 3.54. The van der Waals surface area contributed by atoms with Crippen LogP contribution >= 0.6 is 0 Å². The summed E-state index contributed by atoms with van der Waals surface area (Å²) in [4.78, 5) is 25.2. The van der Waals surface area contributed by atoms with Crippen LogP contribution in [0.3, 0.4) is 0 Å². The van der Waals surface area contributed by atoms with Crippen molar-refractivity contribution < 1.29 is 22.8 Å². The standard InChI is InChI=1S/C15H19F3N4O2/c1-9(23)19-10-4-6-21(7-5-10)14(24)12-8-13(15(16,17)18)20-22(12)11-2-3-11/h8,10-11H,2-7H2,1H3,(H,19,23). The molecule has 0 atom stereocenters. The molecule has 132 valence electrons. The average molecular weight is 344 g/mol. The summed E-state index contributed by atoms with van der Waals surface area (Å²) in [6, 6.07) is 0.739. The van der Waals surface area contributed by atoms with E-state index in [0.29, 0.717) is 25.9 Å². The van der Waals surface area contributed by atoms with Gasteiger partial charge in [-0.15, -0.1) is 0 Å². The molecule has 1 N–H and O–H groups in total. The monoisotopic (exact) mass is 344 g/mol. The minimum absolute atomic E-state index is 0.00259. The van der Waals surface area contributed by atoms with E-state index >= 15 is 0 Å². The number of amides is 2. The van der Waals surface area contributed by atoms with Gasteiger partial charge in [-0.3, -0.25) is 14.3 Å². The van der Waals surface area contributed by atoms with E-state index in [2.05, 4.69) is 10.4 Å². The van der Waals surface area contributed by atoms with E-state index < -0.39 is 17.8 Å². The Kier molecular flexibility index (Phi) is 4.27. The molecule has 9 heteroatoms. The summed E-state index contributed by atoms with van der Waals surface area (Å²) in [6.07, 6.45) is -1.90. The van der Waals surface area contributed by atoms with Gasteiger partial charge >= 0.3 is 6.18 Å². The molecular formula is C15H19F3N4O2. The molecule has 0 bridgehead atoms. The molecule has 6 nitrogen and oxygen atoms in total. The minimum atomic E-state index is -4.56. The van der Waals surface area contributed by atoms with Gasteiger partial charge in [-0.2, -0.15) is 18.3 Å². The van der Waals surface area contributed by atoms with Crippen LogP contribution in [0.15, 0.2) is 6.07 Å². The van der Waals surface area contributed by atoms with Crippen molar-refractivity contribution in [1.82, 2.24) is 20.0 Å². The third-order valence-electron chi connectivity index (χ3n) is 4.33. The van der Waals surface area contributed by atoms with Gasteiger partial charge in [-0.25, -0.2) is 0 Å². The van der Waals surface area contributed by atoms with Gasteiger partial charge in [0, 0.05) is 32.1 Å². The van der Waals surface area contributed by atoms with Crippen molar-refractivity contribution in [2.75, 3.05) is 13.1 Å². The number of piperidine rings is 1. The lowest BCUT2D eigenvalue weighted by Gasteiger charge is -2.32. The smallest absolute Gasteiger partial charge is 0.353 e. The number of rotatable bonds is 3. The molecule has 1 aliphatic heterocycles. The van der Waals surface area contributed by atoms with Crippen molar-refractivity contribution in [3.8, 4) is 0 Å². The minimum Gasteiger partial charge on any atom is -0.353 e. The average Bonchev–Trinajstić information content (AvgIpc) is 3.24. The van der Waals surface area contributed by atoms with E-state index in [1.165, 1.54) is 16.5 Å². The van der Waals surface area contributed by atoms with Crippen molar-refractivity contribution in [3.63, 3.8) is 0 Å². The highest BCUT2D eigenvalue weighted by Crippen LogP contribution is 2.38. The van der Waals surface area contributed by atoms with Gasteiger partial charge in [0.1, 0.15) is 5.69 Å². The SMILES string of the molecule is CC(=O)NC1CCN(C(=O)c2cc(C(F)(F)F)nn2C2CC2)CC1. The van der Waals surface area contributed by atoms with Crippen LogP contribution in [0, 0.1) is 0 Å². The first kappa shape index (κ1) is 16.8. The molecule has 0 spiro atoms. The number of likely N-dealkylation sites (tertiary alicyclic amines) is 1. The van der Waals surface area contributed by atoms with E-state index in [-0.39, 0.29) is 23.7 Å². The lowest BCUT2D eigenvalue weighted by molar-refractivity contribution is -0.141. The number of carbonyl (C=O) groups excluding carboxylic acids is 2. The molecule has 2 fully saturated rings. The van der Waals surface area contributed by atoms with E-state index in [0.717, 1.165) is 18.9 Å². The van der Waals surface area contributed by atoms with Crippen LogP contribution in [0.5, 0.6) is 0 Å². The maximum absolute atomic E-state index is 12.9. The number of carbonyl (C=O) groups is 2. The first-order chi connectivity index (χ1) is 11.3. The predicted octanol–water partition coefficient (Wildman–Crippen LogP) is 1.98. The number of aromatic nitrogens is 2. The zero-order valence-electron chi connectivity index (χ0n) is 13.3. The van der Waals surface area contributed by atoms with Crippen molar-refractivity contribution in [1.29, 1.82) is 0 Å². The molecule has 1 aromatic rings. The summed E-state index contributed by atoms with van der Waals surface area (Å²) >= 11 is 0. The fourth-order valence-corrected chi connectivity index (χ4v) is 2.97. The van der Waals surface area contributed by atoms with Crippen molar-refractivity contribution in [3.05, 3.63) is 17.5 Å². The van der Waals surface area contributed by atoms with Crippen LogP contribution in [0.2, 0.25) is 0 Å². The number of hydrogen-bond donors (Lipinski definition) is 1. The fraction of sp³-hybridized carbons (Fsp3) is 0.667. The highest BCUT2D eigenvalue weighted by molar-refractivity contribution is 5.93. The van der Waals surface area contributed by atoms with Crippen LogP contribution in [0.25, 0.3) is 0 Å². The lowest BCUT2D eigenvalue weighted by Crippen LogP contribution is -2.46. The second-order valence-electron chi connectivity index (χ2n) is 6.36. The first-order valence-electron chi connectivity index (χ1n) is 7.99. The maximum Gasteiger partial charge on any atom is 0.435 e. The molecule has 2 heterocycles. The highest BCUT2D eigenvalue weighted by Gasteiger charge is 2.39. The van der Waals surface area contributed by atoms with Crippen LogP contribution in [-0.2, 0) is 11.0 Å². The first-order valence-corrected chi connectivity index (χ1v) is 7.99. The second-order valence-corrected chi connectivity index (χ2v) is 6.36. The zero-order valence-corrected chi connectivity index (χ0v) is 13.3. The zero-order chi connectivity index (χ0) is 17.5. The Hall–Kier alpha value is -2.06. The van der Waals surface area contributed by atoms with E-state index in [1.807, 2.05) is 0 Å². The molecule has 0 aromatic carbocycles. The second kappa shape index (κ2) is 6.10. The summed E-state index contributed by atoms with van der Waals surface area (Å²) in [5, 5.41) is 6.40. The molecule has 0 radical (unpaired) electrons. The van der Waals surface area contributed by atoms with Gasteiger partial charge in [-0.05, 0) is 25.7 Å². The molecule has 24 heavy (non-hydrogen) atoms. The molecule has 3 rings (SSSR count). The quantitative estimate of drug-likeness (QED) is 0.912. The maximum atomic E-state index is 12.9. The molecule has 1 aromatic heterocycles. The molecular weight excluding hydrogens is 325 g/mol. The largest absolute Gasteiger partial charge is 0.435 e. The Morgan fingerprint density at radius 2 is 1.83 bits per heavy atom. The number of hydrogen-bond acceptors (Lipinski definition) is 3. The number of halogens is 3. The van der Waals surface area contributed by atoms with Crippen LogP contribution < -0.4 is 5.32 Å². The predicted molar refractivity (Wildman–Crippen MR) is 78.2 cm³/mol. The fourth-order valence-electron chi connectivity index (χ4n) is 2.97. The van der Waals surface area contributed by atoms with Crippen LogP contribution in [-0.4, -0.2) is 45.6 Å². The van der Waals surface area contributed by atoms with Gasteiger partial charge in [0.15, 0.2) is 5.69 Å². The summed E-state index contributed by atoms with van der Waals surface area (Å²) in [5.74, 6) is -0.549. The van der Waals surface area contributed by atoms with Crippen molar-refractivity contribution in [2.45, 2.75) is 50.9 Å². The third-order valence-corrected chi connectivity index (χ3v) is 4.33. The molecule has 2 amide bonds. The Balaban J connectivity index is 1.73. The normalized spacial score (nSPS) is 19.4. The number of nitrogens with zero attached hydrogens (tertiary/aromatic N) is 3. The number of nitrogens with one attached hydrogen (secondary N) is 1. The molecule has 0 unspecified atom stereocenters. The van der Waals surface area contributed by atoms with Gasteiger partial charge in [0.05, 0.1) is 6.04 Å². The van der Waals surface area contributed by atoms with Crippen LogP contribution in [0.4, 0.5) is 13.2 Å². The number of alkyl halides is 3.